The summed E-state index contributed by atoms with van der Waals surface area (Å²) in [6.45, 7) is 4.07. The Morgan fingerprint density at radius 1 is 1.50 bits per heavy atom. The van der Waals surface area contributed by atoms with E-state index >= 15 is 0 Å². The number of rotatable bonds is 5. The molecule has 0 aliphatic carbocycles. The van der Waals surface area contributed by atoms with Crippen molar-refractivity contribution < 1.29 is 4.79 Å². The highest BCUT2D eigenvalue weighted by atomic mass is 79.9. The van der Waals surface area contributed by atoms with Crippen LogP contribution in [0.3, 0.4) is 0 Å². The van der Waals surface area contributed by atoms with Gasteiger partial charge in [0.2, 0.25) is 0 Å². The first-order chi connectivity index (χ1) is 8.47. The fraction of sp³-hybridized carbons (Fsp3) is 0.500. The Hall–Kier alpha value is -0.480. The highest BCUT2D eigenvalue weighted by molar-refractivity contribution is 9.10. The molecule has 2 nitrogen and oxygen atoms in total. The Morgan fingerprint density at radius 3 is 2.78 bits per heavy atom. The van der Waals surface area contributed by atoms with E-state index in [1.54, 1.807) is 0 Å². The Balaban J connectivity index is 2.82. The standard InChI is InChI=1S/C14H20BrNOS/c1-10-5-6-12(15)9-13(10)14(17)16(3)11(2)7-8-18-4/h5-6,9,11H,7-8H2,1-4H3. The van der Waals surface area contributed by atoms with Crippen LogP contribution in [0.2, 0.25) is 0 Å². The molecule has 1 unspecified atom stereocenters. The highest BCUT2D eigenvalue weighted by Crippen LogP contribution is 2.19. The van der Waals surface area contributed by atoms with Crippen molar-refractivity contribution in [2.24, 2.45) is 0 Å². The fourth-order valence-electron chi connectivity index (χ4n) is 1.70. The minimum Gasteiger partial charge on any atom is -0.339 e. The summed E-state index contributed by atoms with van der Waals surface area (Å²) >= 11 is 5.23. The number of carbonyl (C=O) groups excluding carboxylic acids is 1. The lowest BCUT2D eigenvalue weighted by Gasteiger charge is -2.25. The summed E-state index contributed by atoms with van der Waals surface area (Å²) in [5.74, 6) is 1.18. The third-order valence-electron chi connectivity index (χ3n) is 3.15. The topological polar surface area (TPSA) is 20.3 Å². The summed E-state index contributed by atoms with van der Waals surface area (Å²) in [5.41, 5.74) is 1.80. The van der Waals surface area contributed by atoms with Gasteiger partial charge in [-0.1, -0.05) is 22.0 Å². The van der Waals surface area contributed by atoms with E-state index in [2.05, 4.69) is 29.1 Å². The average molecular weight is 330 g/mol. The predicted octanol–water partition coefficient (Wildman–Crippen LogP) is 3.97. The Labute approximate surface area is 122 Å². The number of hydrogen-bond acceptors (Lipinski definition) is 2. The van der Waals surface area contributed by atoms with Crippen LogP contribution in [0.5, 0.6) is 0 Å². The molecular formula is C14H20BrNOS. The van der Waals surface area contributed by atoms with Gasteiger partial charge >= 0.3 is 0 Å². The molecule has 1 atom stereocenters. The number of aryl methyl sites for hydroxylation is 1. The first kappa shape index (κ1) is 15.6. The van der Waals surface area contributed by atoms with Crippen molar-refractivity contribution in [1.29, 1.82) is 0 Å². The highest BCUT2D eigenvalue weighted by Gasteiger charge is 2.18. The number of nitrogens with zero attached hydrogens (tertiary/aromatic N) is 1. The summed E-state index contributed by atoms with van der Waals surface area (Å²) in [5, 5.41) is 0. The van der Waals surface area contributed by atoms with E-state index < -0.39 is 0 Å². The summed E-state index contributed by atoms with van der Waals surface area (Å²) in [7, 11) is 1.88. The van der Waals surface area contributed by atoms with Gasteiger partial charge in [0.15, 0.2) is 0 Å². The molecular weight excluding hydrogens is 310 g/mol. The van der Waals surface area contributed by atoms with Gasteiger partial charge < -0.3 is 4.90 Å². The van der Waals surface area contributed by atoms with Gasteiger partial charge in [0.25, 0.3) is 5.91 Å². The molecule has 0 bridgehead atoms. The number of hydrogen-bond donors (Lipinski definition) is 0. The number of carbonyl (C=O) groups is 1. The number of benzene rings is 1. The lowest BCUT2D eigenvalue weighted by molar-refractivity contribution is 0.0740. The van der Waals surface area contributed by atoms with E-state index in [-0.39, 0.29) is 11.9 Å². The Morgan fingerprint density at radius 2 is 2.17 bits per heavy atom. The van der Waals surface area contributed by atoms with E-state index in [0.717, 1.165) is 27.8 Å². The van der Waals surface area contributed by atoms with Gasteiger partial charge in [-0.3, -0.25) is 4.79 Å². The van der Waals surface area contributed by atoms with E-state index in [9.17, 15) is 4.79 Å². The zero-order valence-corrected chi connectivity index (χ0v) is 13.8. The lowest BCUT2D eigenvalue weighted by atomic mass is 10.1. The van der Waals surface area contributed by atoms with Gasteiger partial charge in [-0.25, -0.2) is 0 Å². The van der Waals surface area contributed by atoms with Crippen LogP contribution in [-0.2, 0) is 0 Å². The van der Waals surface area contributed by atoms with Crippen molar-refractivity contribution in [3.63, 3.8) is 0 Å². The largest absolute Gasteiger partial charge is 0.339 e. The quantitative estimate of drug-likeness (QED) is 0.814. The maximum absolute atomic E-state index is 12.4. The molecule has 1 aromatic carbocycles. The van der Waals surface area contributed by atoms with Crippen LogP contribution in [-0.4, -0.2) is 35.9 Å². The summed E-state index contributed by atoms with van der Waals surface area (Å²) in [6, 6.07) is 6.10. The third kappa shape index (κ3) is 4.02. The van der Waals surface area contributed by atoms with Crippen molar-refractivity contribution in [3.05, 3.63) is 33.8 Å². The monoisotopic (exact) mass is 329 g/mol. The van der Waals surface area contributed by atoms with Gasteiger partial charge in [-0.2, -0.15) is 11.8 Å². The molecule has 100 valence electrons. The minimum absolute atomic E-state index is 0.0994. The van der Waals surface area contributed by atoms with Crippen molar-refractivity contribution in [2.75, 3.05) is 19.1 Å². The number of halogens is 1. The molecule has 0 heterocycles. The van der Waals surface area contributed by atoms with Gasteiger partial charge in [-0.05, 0) is 50.0 Å². The molecule has 0 saturated heterocycles. The van der Waals surface area contributed by atoms with Gasteiger partial charge in [0.1, 0.15) is 0 Å². The van der Waals surface area contributed by atoms with Crippen LogP contribution in [0, 0.1) is 6.92 Å². The van der Waals surface area contributed by atoms with Crippen LogP contribution >= 0.6 is 27.7 Å². The minimum atomic E-state index is 0.0994. The molecule has 0 saturated carbocycles. The summed E-state index contributed by atoms with van der Waals surface area (Å²) in [6.07, 6.45) is 3.11. The van der Waals surface area contributed by atoms with Crippen molar-refractivity contribution in [2.45, 2.75) is 26.3 Å². The normalized spacial score (nSPS) is 12.3. The zero-order valence-electron chi connectivity index (χ0n) is 11.4. The molecule has 0 fully saturated rings. The summed E-state index contributed by atoms with van der Waals surface area (Å²) in [4.78, 5) is 14.3. The number of amides is 1. The smallest absolute Gasteiger partial charge is 0.254 e. The second-order valence-corrected chi connectivity index (χ2v) is 6.41. The average Bonchev–Trinajstić information content (AvgIpc) is 2.37. The third-order valence-corrected chi connectivity index (χ3v) is 4.29. The SMILES string of the molecule is CSCCC(C)N(C)C(=O)c1cc(Br)ccc1C. The van der Waals surface area contributed by atoms with Crippen molar-refractivity contribution in [1.82, 2.24) is 4.90 Å². The van der Waals surface area contributed by atoms with Crippen molar-refractivity contribution >= 4 is 33.6 Å². The summed E-state index contributed by atoms with van der Waals surface area (Å²) < 4.78 is 0.946. The molecule has 0 aliphatic heterocycles. The molecule has 4 heteroatoms. The molecule has 1 aromatic rings. The predicted molar refractivity (Wildman–Crippen MR) is 83.4 cm³/mol. The number of thioether (sulfide) groups is 1. The Bertz CT molecular complexity index is 422. The molecule has 0 aromatic heterocycles. The molecule has 0 N–H and O–H groups in total. The van der Waals surface area contributed by atoms with E-state index in [4.69, 9.17) is 0 Å². The van der Waals surface area contributed by atoms with Crippen LogP contribution < -0.4 is 0 Å². The molecule has 1 rings (SSSR count). The van der Waals surface area contributed by atoms with Gasteiger partial charge in [0.05, 0.1) is 0 Å². The molecule has 0 radical (unpaired) electrons. The second kappa shape index (κ2) is 7.19. The van der Waals surface area contributed by atoms with Crippen molar-refractivity contribution in [3.8, 4) is 0 Å². The fourth-order valence-corrected chi connectivity index (χ4v) is 2.63. The van der Waals surface area contributed by atoms with E-state index in [1.165, 1.54) is 0 Å². The zero-order chi connectivity index (χ0) is 13.7. The van der Waals surface area contributed by atoms with Crippen LogP contribution in [0.25, 0.3) is 0 Å². The van der Waals surface area contributed by atoms with Crippen LogP contribution in [0.1, 0.15) is 29.3 Å². The van der Waals surface area contributed by atoms with E-state index in [1.807, 2.05) is 48.8 Å². The first-order valence-electron chi connectivity index (χ1n) is 5.99. The maximum atomic E-state index is 12.4. The molecule has 0 spiro atoms. The molecule has 1 amide bonds. The Kier molecular flexibility index (Phi) is 6.22. The maximum Gasteiger partial charge on any atom is 0.254 e. The van der Waals surface area contributed by atoms with Crippen LogP contribution in [0.15, 0.2) is 22.7 Å². The van der Waals surface area contributed by atoms with Gasteiger partial charge in [0, 0.05) is 23.1 Å². The van der Waals surface area contributed by atoms with Gasteiger partial charge in [-0.15, -0.1) is 0 Å². The van der Waals surface area contributed by atoms with E-state index in [0.29, 0.717) is 0 Å². The first-order valence-corrected chi connectivity index (χ1v) is 8.18. The second-order valence-electron chi connectivity index (χ2n) is 4.51. The van der Waals surface area contributed by atoms with Crippen LogP contribution in [0.4, 0.5) is 0 Å². The lowest BCUT2D eigenvalue weighted by Crippen LogP contribution is -2.35. The molecule has 18 heavy (non-hydrogen) atoms. The molecule has 0 aliphatic rings.